The number of carbonyl (C=O) groups excluding carboxylic acids is 1. The number of ether oxygens (including phenoxy) is 1. The van der Waals surface area contributed by atoms with Gasteiger partial charge in [0.2, 0.25) is 0 Å². The van der Waals surface area contributed by atoms with Crippen molar-refractivity contribution in [2.24, 2.45) is 0 Å². The molecule has 1 aliphatic carbocycles. The average molecular weight is 187 g/mol. The van der Waals surface area contributed by atoms with Crippen LogP contribution in [0.4, 0.5) is 0 Å². The van der Waals surface area contributed by atoms with Crippen molar-refractivity contribution in [2.45, 2.75) is 37.8 Å². The van der Waals surface area contributed by atoms with Gasteiger partial charge in [0.05, 0.1) is 13.2 Å². The van der Waals surface area contributed by atoms with E-state index in [1.54, 1.807) is 0 Å². The molecule has 0 aromatic carbocycles. The molecule has 0 spiro atoms. The zero-order valence-corrected chi connectivity index (χ0v) is 7.95. The lowest BCUT2D eigenvalue weighted by atomic mass is 10.2. The van der Waals surface area contributed by atoms with Crippen molar-refractivity contribution in [1.82, 2.24) is 5.32 Å². The molecular formula is C9H17NO3. The number of carbonyl (C=O) groups is 1. The summed E-state index contributed by atoms with van der Waals surface area (Å²) in [5.41, 5.74) is 0. The molecular weight excluding hydrogens is 170 g/mol. The van der Waals surface area contributed by atoms with Gasteiger partial charge in [-0.15, -0.1) is 0 Å². The van der Waals surface area contributed by atoms with Gasteiger partial charge in [0.1, 0.15) is 0 Å². The van der Waals surface area contributed by atoms with Crippen molar-refractivity contribution in [3.8, 4) is 0 Å². The van der Waals surface area contributed by atoms with E-state index in [-0.39, 0.29) is 5.97 Å². The van der Waals surface area contributed by atoms with E-state index in [0.717, 1.165) is 0 Å². The third-order valence-electron chi connectivity index (χ3n) is 2.13. The molecule has 0 radical (unpaired) electrons. The topological polar surface area (TPSA) is 58.6 Å². The fraction of sp³-hybridized carbons (Fsp3) is 0.889. The first-order valence-electron chi connectivity index (χ1n) is 4.70. The zero-order valence-electron chi connectivity index (χ0n) is 7.95. The Morgan fingerprint density at radius 2 is 2.38 bits per heavy atom. The van der Waals surface area contributed by atoms with Crippen LogP contribution in [-0.2, 0) is 9.53 Å². The molecule has 0 heterocycles. The van der Waals surface area contributed by atoms with Gasteiger partial charge >= 0.3 is 5.97 Å². The molecule has 1 fully saturated rings. The minimum absolute atomic E-state index is 0.259. The van der Waals surface area contributed by atoms with Gasteiger partial charge < -0.3 is 15.2 Å². The summed E-state index contributed by atoms with van der Waals surface area (Å²) in [4.78, 5) is 10.7. The van der Waals surface area contributed by atoms with Crippen LogP contribution in [0.3, 0.4) is 0 Å². The minimum Gasteiger partial charge on any atom is -0.469 e. The highest BCUT2D eigenvalue weighted by molar-refractivity contribution is 5.69. The standard InChI is InChI=1S/C9H17NO3/c1-13-9(12)5-4-8(11)6-10-7-2-3-7/h7-8,10-11H,2-6H2,1H3. The van der Waals surface area contributed by atoms with Gasteiger partial charge in [0, 0.05) is 19.0 Å². The second-order valence-corrected chi connectivity index (χ2v) is 3.45. The van der Waals surface area contributed by atoms with Crippen molar-refractivity contribution in [1.29, 1.82) is 0 Å². The first-order valence-corrected chi connectivity index (χ1v) is 4.70. The molecule has 0 bridgehead atoms. The van der Waals surface area contributed by atoms with Crippen molar-refractivity contribution < 1.29 is 14.6 Å². The fourth-order valence-corrected chi connectivity index (χ4v) is 1.08. The number of aliphatic hydroxyl groups is 1. The predicted octanol–water partition coefficient (Wildman–Crippen LogP) is 0.0525. The van der Waals surface area contributed by atoms with Gasteiger partial charge in [0.25, 0.3) is 0 Å². The molecule has 1 saturated carbocycles. The molecule has 4 heteroatoms. The lowest BCUT2D eigenvalue weighted by molar-refractivity contribution is -0.141. The Morgan fingerprint density at radius 3 is 2.92 bits per heavy atom. The molecule has 13 heavy (non-hydrogen) atoms. The Labute approximate surface area is 78.3 Å². The van der Waals surface area contributed by atoms with Crippen molar-refractivity contribution in [3.63, 3.8) is 0 Å². The molecule has 0 saturated heterocycles. The molecule has 1 unspecified atom stereocenters. The van der Waals surface area contributed by atoms with Crippen LogP contribution in [0.5, 0.6) is 0 Å². The van der Waals surface area contributed by atoms with Gasteiger partial charge in [-0.05, 0) is 19.3 Å². The summed E-state index contributed by atoms with van der Waals surface area (Å²) in [6.45, 7) is 0.585. The second-order valence-electron chi connectivity index (χ2n) is 3.45. The number of nitrogens with one attached hydrogen (secondary N) is 1. The van der Waals surface area contributed by atoms with E-state index in [1.807, 2.05) is 0 Å². The van der Waals surface area contributed by atoms with Crippen LogP contribution >= 0.6 is 0 Å². The van der Waals surface area contributed by atoms with E-state index in [9.17, 15) is 9.90 Å². The normalized spacial score (nSPS) is 18.3. The van der Waals surface area contributed by atoms with E-state index >= 15 is 0 Å². The Morgan fingerprint density at radius 1 is 1.69 bits per heavy atom. The smallest absolute Gasteiger partial charge is 0.305 e. The maximum Gasteiger partial charge on any atom is 0.305 e. The highest BCUT2D eigenvalue weighted by Crippen LogP contribution is 2.18. The lowest BCUT2D eigenvalue weighted by Crippen LogP contribution is -2.28. The van der Waals surface area contributed by atoms with Crippen LogP contribution in [0, 0.1) is 0 Å². The van der Waals surface area contributed by atoms with Crippen molar-refractivity contribution in [2.75, 3.05) is 13.7 Å². The van der Waals surface area contributed by atoms with Crippen molar-refractivity contribution >= 4 is 5.97 Å². The minimum atomic E-state index is -0.431. The number of esters is 1. The van der Waals surface area contributed by atoms with E-state index < -0.39 is 6.10 Å². The first-order chi connectivity index (χ1) is 6.22. The molecule has 4 nitrogen and oxygen atoms in total. The summed E-state index contributed by atoms with van der Waals surface area (Å²) in [5, 5.41) is 12.6. The summed E-state index contributed by atoms with van der Waals surface area (Å²) < 4.78 is 4.47. The molecule has 0 aromatic rings. The molecule has 0 aliphatic heterocycles. The van der Waals surface area contributed by atoms with Gasteiger partial charge in [-0.2, -0.15) is 0 Å². The summed E-state index contributed by atoms with van der Waals surface area (Å²) in [6, 6.07) is 0.604. The van der Waals surface area contributed by atoms with E-state index in [2.05, 4.69) is 10.1 Å². The summed E-state index contributed by atoms with van der Waals surface area (Å²) in [6.07, 6.45) is 2.77. The molecule has 0 amide bonds. The molecule has 1 aliphatic rings. The van der Waals surface area contributed by atoms with Gasteiger partial charge in [-0.3, -0.25) is 4.79 Å². The van der Waals surface area contributed by atoms with Crippen molar-refractivity contribution in [3.05, 3.63) is 0 Å². The average Bonchev–Trinajstić information content (AvgIpc) is 2.94. The summed E-state index contributed by atoms with van der Waals surface area (Å²) in [7, 11) is 1.36. The number of rotatable bonds is 6. The van der Waals surface area contributed by atoms with Crippen LogP contribution in [0.15, 0.2) is 0 Å². The van der Waals surface area contributed by atoms with E-state index in [4.69, 9.17) is 0 Å². The van der Waals surface area contributed by atoms with Crippen LogP contribution in [0.25, 0.3) is 0 Å². The van der Waals surface area contributed by atoms with Gasteiger partial charge in [-0.25, -0.2) is 0 Å². The highest BCUT2D eigenvalue weighted by atomic mass is 16.5. The molecule has 1 atom stereocenters. The summed E-state index contributed by atoms with van der Waals surface area (Å²) >= 11 is 0. The van der Waals surface area contributed by atoms with Gasteiger partial charge in [0.15, 0.2) is 0 Å². The molecule has 0 aromatic heterocycles. The Kier molecular flexibility index (Phi) is 4.18. The number of hydrogen-bond acceptors (Lipinski definition) is 4. The quantitative estimate of drug-likeness (QED) is 0.577. The van der Waals surface area contributed by atoms with E-state index in [1.165, 1.54) is 20.0 Å². The van der Waals surface area contributed by atoms with Crippen LogP contribution in [0.1, 0.15) is 25.7 Å². The van der Waals surface area contributed by atoms with Crippen LogP contribution in [-0.4, -0.2) is 36.9 Å². The molecule has 1 rings (SSSR count). The number of aliphatic hydroxyl groups excluding tert-OH is 1. The maximum absolute atomic E-state index is 10.7. The third-order valence-corrected chi connectivity index (χ3v) is 2.13. The largest absolute Gasteiger partial charge is 0.469 e. The summed E-state index contributed by atoms with van der Waals surface area (Å²) in [5.74, 6) is -0.259. The van der Waals surface area contributed by atoms with Gasteiger partial charge in [-0.1, -0.05) is 0 Å². The number of hydrogen-bond donors (Lipinski definition) is 2. The SMILES string of the molecule is COC(=O)CCC(O)CNC1CC1. The maximum atomic E-state index is 10.7. The highest BCUT2D eigenvalue weighted by Gasteiger charge is 2.21. The first kappa shape index (κ1) is 10.5. The lowest BCUT2D eigenvalue weighted by Gasteiger charge is -2.09. The third kappa shape index (κ3) is 4.85. The zero-order chi connectivity index (χ0) is 9.68. The predicted molar refractivity (Wildman–Crippen MR) is 48.3 cm³/mol. The van der Waals surface area contributed by atoms with E-state index in [0.29, 0.717) is 25.4 Å². The Balaban J connectivity index is 1.95. The van der Waals surface area contributed by atoms with Crippen LogP contribution < -0.4 is 5.32 Å². The Bertz CT molecular complexity index is 168. The Hall–Kier alpha value is -0.610. The number of methoxy groups -OCH3 is 1. The second kappa shape index (κ2) is 5.19. The molecule has 76 valence electrons. The molecule has 2 N–H and O–H groups in total. The fourth-order valence-electron chi connectivity index (χ4n) is 1.08. The van der Waals surface area contributed by atoms with Crippen LogP contribution in [0.2, 0.25) is 0 Å². The monoisotopic (exact) mass is 187 g/mol.